The first kappa shape index (κ1) is 13.6. The summed E-state index contributed by atoms with van der Waals surface area (Å²) in [5, 5.41) is 3.70. The van der Waals surface area contributed by atoms with Crippen LogP contribution in [0.15, 0.2) is 24.3 Å². The molecule has 100 valence electrons. The maximum Gasteiger partial charge on any atom is 0.0208 e. The molecule has 1 saturated carbocycles. The summed E-state index contributed by atoms with van der Waals surface area (Å²) in [7, 11) is 0. The molecule has 1 aromatic rings. The Hall–Kier alpha value is -0.820. The van der Waals surface area contributed by atoms with Crippen LogP contribution in [0.5, 0.6) is 0 Å². The summed E-state index contributed by atoms with van der Waals surface area (Å²) in [6.45, 7) is 5.59. The second-order valence-electron chi connectivity index (χ2n) is 6.13. The minimum Gasteiger partial charge on any atom is -0.310 e. The van der Waals surface area contributed by atoms with E-state index in [2.05, 4.69) is 43.4 Å². The molecule has 0 radical (unpaired) electrons. The predicted molar refractivity (Wildman–Crippen MR) is 78.7 cm³/mol. The first-order valence-corrected chi connectivity index (χ1v) is 7.55. The molecule has 1 heteroatoms. The van der Waals surface area contributed by atoms with E-state index < -0.39 is 0 Å². The number of benzene rings is 1. The van der Waals surface area contributed by atoms with Gasteiger partial charge in [0.1, 0.15) is 0 Å². The van der Waals surface area contributed by atoms with Gasteiger partial charge >= 0.3 is 0 Å². The van der Waals surface area contributed by atoms with Crippen molar-refractivity contribution in [1.29, 1.82) is 0 Å². The van der Waals surface area contributed by atoms with Gasteiger partial charge in [0.05, 0.1) is 0 Å². The molecule has 0 amide bonds. The smallest absolute Gasteiger partial charge is 0.0208 e. The van der Waals surface area contributed by atoms with Crippen molar-refractivity contribution in [3.8, 4) is 0 Å². The molecule has 0 heterocycles. The third-order valence-corrected chi connectivity index (χ3v) is 3.87. The van der Waals surface area contributed by atoms with Crippen LogP contribution in [0.3, 0.4) is 0 Å². The van der Waals surface area contributed by atoms with E-state index in [0.717, 1.165) is 18.5 Å². The fourth-order valence-electron chi connectivity index (χ4n) is 2.83. The summed E-state index contributed by atoms with van der Waals surface area (Å²) < 4.78 is 0. The lowest BCUT2D eigenvalue weighted by Gasteiger charge is -2.22. The molecule has 1 aliphatic carbocycles. The van der Waals surface area contributed by atoms with Crippen LogP contribution in [0.4, 0.5) is 0 Å². The van der Waals surface area contributed by atoms with E-state index in [-0.39, 0.29) is 0 Å². The van der Waals surface area contributed by atoms with Gasteiger partial charge in [-0.25, -0.2) is 0 Å². The van der Waals surface area contributed by atoms with Crippen molar-refractivity contribution in [3.05, 3.63) is 35.4 Å². The molecule has 2 rings (SSSR count). The van der Waals surface area contributed by atoms with Crippen LogP contribution in [0.2, 0.25) is 0 Å². The van der Waals surface area contributed by atoms with Gasteiger partial charge in [-0.1, -0.05) is 57.4 Å². The summed E-state index contributed by atoms with van der Waals surface area (Å²) >= 11 is 0. The summed E-state index contributed by atoms with van der Waals surface area (Å²) in [6, 6.07) is 9.91. The van der Waals surface area contributed by atoms with E-state index in [0.29, 0.717) is 0 Å². The molecule has 0 aliphatic heterocycles. The zero-order valence-electron chi connectivity index (χ0n) is 11.9. The first-order valence-electron chi connectivity index (χ1n) is 7.55. The Morgan fingerprint density at radius 3 is 2.22 bits per heavy atom. The third kappa shape index (κ3) is 4.45. The van der Waals surface area contributed by atoms with Crippen LogP contribution in [-0.4, -0.2) is 6.04 Å². The molecule has 0 saturated heterocycles. The topological polar surface area (TPSA) is 12.0 Å². The fourth-order valence-corrected chi connectivity index (χ4v) is 2.83. The average molecular weight is 245 g/mol. The number of hydrogen-bond acceptors (Lipinski definition) is 1. The van der Waals surface area contributed by atoms with Gasteiger partial charge in [-0.2, -0.15) is 0 Å². The van der Waals surface area contributed by atoms with Gasteiger partial charge in [0, 0.05) is 12.6 Å². The van der Waals surface area contributed by atoms with Crippen molar-refractivity contribution in [2.75, 3.05) is 0 Å². The molecule has 0 aromatic heterocycles. The van der Waals surface area contributed by atoms with Crippen molar-refractivity contribution in [1.82, 2.24) is 5.32 Å². The summed E-state index contributed by atoms with van der Waals surface area (Å²) in [6.07, 6.45) is 8.17. The van der Waals surface area contributed by atoms with Gasteiger partial charge in [-0.3, -0.25) is 0 Å². The van der Waals surface area contributed by atoms with E-state index in [1.807, 2.05) is 0 Å². The normalized spacial score (nSPS) is 17.3. The van der Waals surface area contributed by atoms with Gasteiger partial charge in [-0.15, -0.1) is 0 Å². The van der Waals surface area contributed by atoms with Crippen molar-refractivity contribution < 1.29 is 0 Å². The van der Waals surface area contributed by atoms with Crippen LogP contribution >= 0.6 is 0 Å². The second kappa shape index (κ2) is 6.94. The highest BCUT2D eigenvalue weighted by atomic mass is 14.9. The van der Waals surface area contributed by atoms with Gasteiger partial charge in [0.25, 0.3) is 0 Å². The summed E-state index contributed by atoms with van der Waals surface area (Å²) in [5.41, 5.74) is 2.89. The Labute approximate surface area is 112 Å². The predicted octanol–water partition coefficient (Wildman–Crippen LogP) is 4.31. The quantitative estimate of drug-likeness (QED) is 0.815. The molecule has 1 fully saturated rings. The molecule has 0 atom stereocenters. The van der Waals surface area contributed by atoms with Crippen molar-refractivity contribution in [2.24, 2.45) is 5.92 Å². The Balaban J connectivity index is 1.78. The molecule has 0 bridgehead atoms. The van der Waals surface area contributed by atoms with Gasteiger partial charge < -0.3 is 5.32 Å². The highest BCUT2D eigenvalue weighted by molar-refractivity contribution is 5.22. The maximum absolute atomic E-state index is 3.70. The molecule has 0 unspecified atom stereocenters. The van der Waals surface area contributed by atoms with Gasteiger partial charge in [0.2, 0.25) is 0 Å². The van der Waals surface area contributed by atoms with Crippen LogP contribution in [0, 0.1) is 5.92 Å². The Bertz CT molecular complexity index is 333. The zero-order chi connectivity index (χ0) is 12.8. The minimum absolute atomic E-state index is 0.746. The monoisotopic (exact) mass is 245 g/mol. The number of nitrogens with one attached hydrogen (secondary N) is 1. The van der Waals surface area contributed by atoms with Crippen LogP contribution in [0.1, 0.15) is 57.1 Å². The van der Waals surface area contributed by atoms with E-state index in [1.54, 1.807) is 0 Å². The van der Waals surface area contributed by atoms with Gasteiger partial charge in [0.15, 0.2) is 0 Å². The van der Waals surface area contributed by atoms with Crippen molar-refractivity contribution in [2.45, 2.75) is 65.0 Å². The number of hydrogen-bond donors (Lipinski definition) is 1. The summed E-state index contributed by atoms with van der Waals surface area (Å²) in [4.78, 5) is 0. The SMILES string of the molecule is CC(C)Cc1ccc(CNC2CCCCC2)cc1. The molecular weight excluding hydrogens is 218 g/mol. The minimum atomic E-state index is 0.746. The highest BCUT2D eigenvalue weighted by Gasteiger charge is 2.12. The Morgan fingerprint density at radius 1 is 1.00 bits per heavy atom. The van der Waals surface area contributed by atoms with E-state index >= 15 is 0 Å². The lowest BCUT2D eigenvalue weighted by molar-refractivity contribution is 0.372. The fraction of sp³-hybridized carbons (Fsp3) is 0.647. The van der Waals surface area contributed by atoms with Gasteiger partial charge in [-0.05, 0) is 36.3 Å². The molecule has 18 heavy (non-hydrogen) atoms. The molecule has 0 spiro atoms. The van der Waals surface area contributed by atoms with E-state index in [9.17, 15) is 0 Å². The zero-order valence-corrected chi connectivity index (χ0v) is 11.9. The third-order valence-electron chi connectivity index (χ3n) is 3.87. The van der Waals surface area contributed by atoms with Crippen LogP contribution in [-0.2, 0) is 13.0 Å². The highest BCUT2D eigenvalue weighted by Crippen LogP contribution is 2.18. The largest absolute Gasteiger partial charge is 0.310 e. The van der Waals surface area contributed by atoms with Crippen LogP contribution < -0.4 is 5.32 Å². The lowest BCUT2D eigenvalue weighted by atomic mass is 9.95. The number of rotatable bonds is 5. The summed E-state index contributed by atoms with van der Waals surface area (Å²) in [5.74, 6) is 0.746. The maximum atomic E-state index is 3.70. The molecule has 1 aliphatic rings. The first-order chi connectivity index (χ1) is 8.74. The Morgan fingerprint density at radius 2 is 1.61 bits per heavy atom. The van der Waals surface area contributed by atoms with E-state index in [4.69, 9.17) is 0 Å². The molecular formula is C17H27N. The average Bonchev–Trinajstić information content (AvgIpc) is 2.38. The van der Waals surface area contributed by atoms with Crippen molar-refractivity contribution in [3.63, 3.8) is 0 Å². The van der Waals surface area contributed by atoms with E-state index in [1.165, 1.54) is 49.7 Å². The van der Waals surface area contributed by atoms with Crippen molar-refractivity contribution >= 4 is 0 Å². The lowest BCUT2D eigenvalue weighted by Crippen LogP contribution is -2.30. The second-order valence-corrected chi connectivity index (χ2v) is 6.13. The Kier molecular flexibility index (Phi) is 5.25. The molecule has 1 N–H and O–H groups in total. The molecule has 1 nitrogen and oxygen atoms in total. The molecule has 1 aromatic carbocycles. The van der Waals surface area contributed by atoms with Crippen LogP contribution in [0.25, 0.3) is 0 Å². The standard InChI is InChI=1S/C17H27N/c1-14(2)12-15-8-10-16(11-9-15)13-18-17-6-4-3-5-7-17/h8-11,14,17-18H,3-7,12-13H2,1-2H3.